The summed E-state index contributed by atoms with van der Waals surface area (Å²) in [7, 11) is 3.21. The van der Waals surface area contributed by atoms with E-state index in [1.165, 1.54) is 0 Å². The minimum absolute atomic E-state index is 0.285. The molecule has 6 nitrogen and oxygen atoms in total. The quantitative estimate of drug-likeness (QED) is 0.540. The van der Waals surface area contributed by atoms with Gasteiger partial charge in [0.1, 0.15) is 12.2 Å². The van der Waals surface area contributed by atoms with Crippen LogP contribution in [-0.4, -0.2) is 48.0 Å². The first-order valence-corrected chi connectivity index (χ1v) is 9.64. The van der Waals surface area contributed by atoms with E-state index in [-0.39, 0.29) is 5.54 Å². The Morgan fingerprint density at radius 1 is 0.955 bits per heavy atom. The molecule has 0 unspecified atom stereocenters. The van der Waals surface area contributed by atoms with E-state index in [9.17, 15) is 9.59 Å². The van der Waals surface area contributed by atoms with Crippen LogP contribution in [0.3, 0.4) is 0 Å². The molecule has 0 bridgehead atoms. The first-order chi connectivity index (χ1) is 9.99. The average Bonchev–Trinajstić information content (AvgIpc) is 2.27. The van der Waals surface area contributed by atoms with Crippen molar-refractivity contribution >= 4 is 33.8 Å². The molecule has 0 spiro atoms. The SMILES string of the molecule is CC(C)(C)NC(=O)OCCSSCCNC(=O)OC(C)(C)C. The van der Waals surface area contributed by atoms with E-state index < -0.39 is 17.8 Å². The van der Waals surface area contributed by atoms with E-state index in [4.69, 9.17) is 9.47 Å². The highest BCUT2D eigenvalue weighted by molar-refractivity contribution is 8.76. The van der Waals surface area contributed by atoms with Crippen LogP contribution in [0.1, 0.15) is 41.5 Å². The fourth-order valence-electron chi connectivity index (χ4n) is 1.14. The zero-order valence-electron chi connectivity index (χ0n) is 14.3. The number of amides is 2. The summed E-state index contributed by atoms with van der Waals surface area (Å²) >= 11 is 0. The molecule has 22 heavy (non-hydrogen) atoms. The number of alkyl carbamates (subject to hydrolysis) is 2. The molecule has 2 N–H and O–H groups in total. The van der Waals surface area contributed by atoms with E-state index >= 15 is 0 Å². The van der Waals surface area contributed by atoms with Gasteiger partial charge in [-0.2, -0.15) is 0 Å². The molecule has 0 aliphatic carbocycles. The Bertz CT molecular complexity index is 318. The predicted molar refractivity (Wildman–Crippen MR) is 93.4 cm³/mol. The van der Waals surface area contributed by atoms with Gasteiger partial charge in [0.2, 0.25) is 0 Å². The number of hydrogen-bond donors (Lipinski definition) is 2. The number of hydrogen-bond acceptors (Lipinski definition) is 6. The van der Waals surface area contributed by atoms with Crippen molar-refractivity contribution in [2.75, 3.05) is 24.7 Å². The van der Waals surface area contributed by atoms with E-state index in [2.05, 4.69) is 10.6 Å². The van der Waals surface area contributed by atoms with Crippen molar-refractivity contribution in [3.63, 3.8) is 0 Å². The van der Waals surface area contributed by atoms with Crippen LogP contribution in [0, 0.1) is 0 Å². The summed E-state index contributed by atoms with van der Waals surface area (Å²) < 4.78 is 10.2. The lowest BCUT2D eigenvalue weighted by atomic mass is 10.1. The largest absolute Gasteiger partial charge is 0.449 e. The Morgan fingerprint density at radius 3 is 2.09 bits per heavy atom. The molecule has 0 aromatic heterocycles. The third-order valence-corrected chi connectivity index (χ3v) is 4.18. The second kappa shape index (κ2) is 10.1. The van der Waals surface area contributed by atoms with Gasteiger partial charge in [0, 0.05) is 23.6 Å². The van der Waals surface area contributed by atoms with Crippen molar-refractivity contribution in [2.45, 2.75) is 52.7 Å². The molecule has 8 heteroatoms. The van der Waals surface area contributed by atoms with Crippen molar-refractivity contribution in [3.05, 3.63) is 0 Å². The third kappa shape index (κ3) is 15.6. The molecule has 0 saturated heterocycles. The minimum Gasteiger partial charge on any atom is -0.449 e. The van der Waals surface area contributed by atoms with Gasteiger partial charge in [-0.3, -0.25) is 0 Å². The molecule has 0 aliphatic rings. The molecule has 0 aromatic rings. The van der Waals surface area contributed by atoms with E-state index in [1.807, 2.05) is 41.5 Å². The normalized spacial score (nSPS) is 11.7. The maximum absolute atomic E-state index is 11.4. The molecular weight excluding hydrogens is 324 g/mol. The number of nitrogens with one attached hydrogen (secondary N) is 2. The Kier molecular flexibility index (Phi) is 9.75. The van der Waals surface area contributed by atoms with Crippen molar-refractivity contribution in [1.82, 2.24) is 10.6 Å². The summed E-state index contributed by atoms with van der Waals surface area (Å²) in [6.07, 6.45) is -0.801. The van der Waals surface area contributed by atoms with Crippen molar-refractivity contribution in [2.24, 2.45) is 0 Å². The molecule has 2 amide bonds. The highest BCUT2D eigenvalue weighted by Gasteiger charge is 2.15. The monoisotopic (exact) mass is 352 g/mol. The number of carbonyl (C=O) groups excluding carboxylic acids is 2. The van der Waals surface area contributed by atoms with Gasteiger partial charge in [0.15, 0.2) is 0 Å². The number of rotatable bonds is 7. The summed E-state index contributed by atoms with van der Waals surface area (Å²) in [5.41, 5.74) is -0.761. The van der Waals surface area contributed by atoms with Gasteiger partial charge in [0.05, 0.1) is 0 Å². The zero-order chi connectivity index (χ0) is 17.2. The second-order valence-electron chi connectivity index (χ2n) is 6.58. The lowest BCUT2D eigenvalue weighted by Gasteiger charge is -2.20. The first-order valence-electron chi connectivity index (χ1n) is 7.16. The van der Waals surface area contributed by atoms with Crippen molar-refractivity contribution < 1.29 is 19.1 Å². The summed E-state index contributed by atoms with van der Waals surface area (Å²) in [5, 5.41) is 5.41. The molecule has 130 valence electrons. The summed E-state index contributed by atoms with van der Waals surface area (Å²) in [5.74, 6) is 1.47. The van der Waals surface area contributed by atoms with Crippen LogP contribution in [0.15, 0.2) is 0 Å². The predicted octanol–water partition coefficient (Wildman–Crippen LogP) is 3.42. The van der Waals surface area contributed by atoms with Crippen LogP contribution < -0.4 is 10.6 Å². The first kappa shape index (κ1) is 21.2. The standard InChI is InChI=1S/C14H28N2O4S2/c1-13(2,3)16-12(18)19-8-10-22-21-9-7-15-11(17)20-14(4,5)6/h7-10H2,1-6H3,(H,15,17)(H,16,18). The van der Waals surface area contributed by atoms with Gasteiger partial charge in [-0.25, -0.2) is 9.59 Å². The smallest absolute Gasteiger partial charge is 0.407 e. The molecule has 0 saturated carbocycles. The molecular formula is C14H28N2O4S2. The lowest BCUT2D eigenvalue weighted by molar-refractivity contribution is 0.0531. The van der Waals surface area contributed by atoms with Crippen molar-refractivity contribution in [3.8, 4) is 0 Å². The molecule has 0 rings (SSSR count). The van der Waals surface area contributed by atoms with E-state index in [1.54, 1.807) is 21.6 Å². The molecule has 0 radical (unpaired) electrons. The Labute approximate surface area is 141 Å². The topological polar surface area (TPSA) is 76.7 Å². The van der Waals surface area contributed by atoms with Crippen LogP contribution in [0.5, 0.6) is 0 Å². The molecule has 0 heterocycles. The van der Waals surface area contributed by atoms with Gasteiger partial charge < -0.3 is 20.1 Å². The zero-order valence-corrected chi connectivity index (χ0v) is 15.9. The van der Waals surface area contributed by atoms with Crippen LogP contribution in [0.2, 0.25) is 0 Å². The van der Waals surface area contributed by atoms with Crippen LogP contribution in [-0.2, 0) is 9.47 Å². The van der Waals surface area contributed by atoms with E-state index in [0.717, 1.165) is 5.75 Å². The lowest BCUT2D eigenvalue weighted by Crippen LogP contribution is -2.41. The summed E-state index contributed by atoms with van der Waals surface area (Å²) in [4.78, 5) is 22.7. The van der Waals surface area contributed by atoms with Crippen LogP contribution in [0.4, 0.5) is 9.59 Å². The maximum Gasteiger partial charge on any atom is 0.407 e. The number of carbonyl (C=O) groups is 2. The molecule has 0 fully saturated rings. The molecule has 0 atom stereocenters. The fraction of sp³-hybridized carbons (Fsp3) is 0.857. The Balaban J connectivity index is 3.45. The van der Waals surface area contributed by atoms with Gasteiger partial charge in [-0.05, 0) is 41.5 Å². The highest BCUT2D eigenvalue weighted by Crippen LogP contribution is 2.19. The second-order valence-corrected chi connectivity index (χ2v) is 9.29. The number of ether oxygens (including phenoxy) is 2. The maximum atomic E-state index is 11.4. The molecule has 0 aromatic carbocycles. The third-order valence-electron chi connectivity index (χ3n) is 1.81. The van der Waals surface area contributed by atoms with Gasteiger partial charge >= 0.3 is 12.2 Å². The van der Waals surface area contributed by atoms with Crippen molar-refractivity contribution in [1.29, 1.82) is 0 Å². The van der Waals surface area contributed by atoms with Crippen LogP contribution >= 0.6 is 21.6 Å². The minimum atomic E-state index is -0.475. The van der Waals surface area contributed by atoms with Gasteiger partial charge in [0.25, 0.3) is 0 Å². The Hall–Kier alpha value is -0.760. The highest BCUT2D eigenvalue weighted by atomic mass is 33.1. The van der Waals surface area contributed by atoms with Crippen LogP contribution in [0.25, 0.3) is 0 Å². The van der Waals surface area contributed by atoms with E-state index in [0.29, 0.717) is 18.9 Å². The fourth-order valence-corrected chi connectivity index (χ4v) is 2.87. The van der Waals surface area contributed by atoms with Gasteiger partial charge in [-0.1, -0.05) is 21.6 Å². The average molecular weight is 353 g/mol. The Morgan fingerprint density at radius 2 is 1.55 bits per heavy atom. The van der Waals surface area contributed by atoms with Gasteiger partial charge in [-0.15, -0.1) is 0 Å². The summed E-state index contributed by atoms with van der Waals surface area (Å²) in [6.45, 7) is 12.1. The molecule has 0 aliphatic heterocycles. The summed E-state index contributed by atoms with van der Waals surface area (Å²) in [6, 6.07) is 0.